The lowest BCUT2D eigenvalue weighted by atomic mass is 10.1. The van der Waals surface area contributed by atoms with Crippen molar-refractivity contribution in [1.29, 1.82) is 0 Å². The van der Waals surface area contributed by atoms with Crippen LogP contribution in [0.2, 0.25) is 0 Å². The first kappa shape index (κ1) is 14.4. The average Bonchev–Trinajstić information content (AvgIpc) is 2.42. The zero-order chi connectivity index (χ0) is 13.4. The lowest BCUT2D eigenvalue weighted by molar-refractivity contribution is 0.0601. The maximum absolute atomic E-state index is 11.5. The molecule has 5 heteroatoms. The number of esters is 1. The molecule has 1 rings (SSSR count). The fourth-order valence-electron chi connectivity index (χ4n) is 1.57. The maximum atomic E-state index is 11.5. The molecule has 100 valence electrons. The number of rotatable bonds is 7. The Hall–Kier alpha value is -1.62. The van der Waals surface area contributed by atoms with Gasteiger partial charge in [-0.25, -0.2) is 9.78 Å². The molecule has 0 saturated carbocycles. The fourth-order valence-corrected chi connectivity index (χ4v) is 1.57. The monoisotopic (exact) mass is 252 g/mol. The fraction of sp³-hybridized carbons (Fsp3) is 0.538. The number of nitrogens with one attached hydrogen (secondary N) is 1. The van der Waals surface area contributed by atoms with Gasteiger partial charge in [0.1, 0.15) is 11.4 Å². The lowest BCUT2D eigenvalue weighted by Crippen LogP contribution is -2.12. The molecule has 0 amide bonds. The van der Waals surface area contributed by atoms with Crippen LogP contribution in [0.3, 0.4) is 0 Å². The number of anilines is 1. The second kappa shape index (κ2) is 7.66. The summed E-state index contributed by atoms with van der Waals surface area (Å²) in [5.74, 6) is 0.450. The summed E-state index contributed by atoms with van der Waals surface area (Å²) in [6, 6.07) is 3.38. The summed E-state index contributed by atoms with van der Waals surface area (Å²) in [4.78, 5) is 15.6. The molecule has 18 heavy (non-hydrogen) atoms. The molecule has 1 unspecified atom stereocenters. The Balaban J connectivity index is 2.49. The first-order chi connectivity index (χ1) is 8.69. The summed E-state index contributed by atoms with van der Waals surface area (Å²) < 4.78 is 4.69. The minimum absolute atomic E-state index is 0.205. The van der Waals surface area contributed by atoms with E-state index in [0.29, 0.717) is 23.8 Å². The maximum Gasteiger partial charge on any atom is 0.341 e. The van der Waals surface area contributed by atoms with E-state index < -0.39 is 5.97 Å². The van der Waals surface area contributed by atoms with Crippen molar-refractivity contribution in [1.82, 2.24) is 4.98 Å². The van der Waals surface area contributed by atoms with Crippen LogP contribution in [-0.2, 0) is 4.74 Å². The molecule has 0 bridgehead atoms. The Bertz CT molecular complexity index is 382. The molecule has 0 fully saturated rings. The van der Waals surface area contributed by atoms with Crippen LogP contribution in [0.25, 0.3) is 0 Å². The third kappa shape index (κ3) is 4.33. The highest BCUT2D eigenvalue weighted by Crippen LogP contribution is 2.13. The summed E-state index contributed by atoms with van der Waals surface area (Å²) in [5, 5.41) is 12.0. The highest BCUT2D eigenvalue weighted by molar-refractivity contribution is 5.94. The number of aliphatic hydroxyl groups excluding tert-OH is 1. The second-order valence-corrected chi connectivity index (χ2v) is 4.25. The van der Waals surface area contributed by atoms with E-state index >= 15 is 0 Å². The predicted octanol–water partition coefficient (Wildman–Crippen LogP) is 1.69. The van der Waals surface area contributed by atoms with Gasteiger partial charge in [-0.05, 0) is 30.9 Å². The number of aromatic nitrogens is 1. The Morgan fingerprint density at radius 2 is 2.39 bits per heavy atom. The van der Waals surface area contributed by atoms with Crippen molar-refractivity contribution in [2.75, 3.05) is 25.6 Å². The van der Waals surface area contributed by atoms with Crippen molar-refractivity contribution in [2.45, 2.75) is 19.8 Å². The Morgan fingerprint density at radius 3 is 3.06 bits per heavy atom. The van der Waals surface area contributed by atoms with Gasteiger partial charge in [-0.2, -0.15) is 0 Å². The van der Waals surface area contributed by atoms with Gasteiger partial charge in [-0.1, -0.05) is 6.92 Å². The van der Waals surface area contributed by atoms with Crippen LogP contribution in [-0.4, -0.2) is 36.3 Å². The molecular formula is C13H20N2O3. The van der Waals surface area contributed by atoms with Crippen molar-refractivity contribution in [3.63, 3.8) is 0 Å². The number of hydrogen-bond acceptors (Lipinski definition) is 5. The van der Waals surface area contributed by atoms with Crippen molar-refractivity contribution >= 4 is 11.8 Å². The lowest BCUT2D eigenvalue weighted by Gasteiger charge is -2.10. The van der Waals surface area contributed by atoms with Gasteiger partial charge in [0.25, 0.3) is 0 Å². The van der Waals surface area contributed by atoms with Crippen molar-refractivity contribution in [2.24, 2.45) is 5.92 Å². The SMILES string of the molecule is COC(=O)c1cccnc1NCCCC(C)CO. The number of aliphatic hydroxyl groups is 1. The molecule has 0 aliphatic heterocycles. The van der Waals surface area contributed by atoms with Crippen molar-refractivity contribution in [3.05, 3.63) is 23.9 Å². The van der Waals surface area contributed by atoms with E-state index in [9.17, 15) is 4.79 Å². The zero-order valence-electron chi connectivity index (χ0n) is 10.8. The number of hydrogen-bond donors (Lipinski definition) is 2. The molecule has 0 aromatic carbocycles. The predicted molar refractivity (Wildman–Crippen MR) is 69.6 cm³/mol. The van der Waals surface area contributed by atoms with Crippen molar-refractivity contribution < 1.29 is 14.6 Å². The van der Waals surface area contributed by atoms with E-state index in [1.165, 1.54) is 7.11 Å². The molecule has 1 heterocycles. The van der Waals surface area contributed by atoms with Gasteiger partial charge in [-0.15, -0.1) is 0 Å². The van der Waals surface area contributed by atoms with Gasteiger partial charge in [0.2, 0.25) is 0 Å². The van der Waals surface area contributed by atoms with E-state index in [1.54, 1.807) is 18.3 Å². The molecule has 0 spiro atoms. The molecule has 0 radical (unpaired) electrons. The molecule has 5 nitrogen and oxygen atoms in total. The molecule has 1 atom stereocenters. The minimum atomic E-state index is -0.394. The average molecular weight is 252 g/mol. The van der Waals surface area contributed by atoms with Crippen LogP contribution in [0.1, 0.15) is 30.1 Å². The topological polar surface area (TPSA) is 71.5 Å². The van der Waals surface area contributed by atoms with Crippen LogP contribution in [0.5, 0.6) is 0 Å². The Kier molecular flexibility index (Phi) is 6.14. The summed E-state index contributed by atoms with van der Waals surface area (Å²) in [6.07, 6.45) is 3.48. The molecule has 0 aliphatic rings. The number of methoxy groups -OCH3 is 1. The van der Waals surface area contributed by atoms with Crippen LogP contribution >= 0.6 is 0 Å². The van der Waals surface area contributed by atoms with Crippen LogP contribution in [0, 0.1) is 5.92 Å². The first-order valence-corrected chi connectivity index (χ1v) is 6.07. The number of carbonyl (C=O) groups excluding carboxylic acids is 1. The Labute approximate surface area is 107 Å². The number of ether oxygens (including phenoxy) is 1. The van der Waals surface area contributed by atoms with Gasteiger partial charge < -0.3 is 15.2 Å². The smallest absolute Gasteiger partial charge is 0.341 e. The number of carbonyl (C=O) groups is 1. The summed E-state index contributed by atoms with van der Waals surface area (Å²) in [7, 11) is 1.35. The summed E-state index contributed by atoms with van der Waals surface area (Å²) in [6.45, 7) is 2.92. The normalized spacial score (nSPS) is 11.9. The van der Waals surface area contributed by atoms with Gasteiger partial charge in [0, 0.05) is 19.3 Å². The standard InChI is InChI=1S/C13H20N2O3/c1-10(9-16)5-3-7-14-12-11(13(17)18-2)6-4-8-15-12/h4,6,8,10,16H,3,5,7,9H2,1-2H3,(H,14,15). The van der Waals surface area contributed by atoms with E-state index in [1.807, 2.05) is 6.92 Å². The van der Waals surface area contributed by atoms with Gasteiger partial charge in [0.05, 0.1) is 7.11 Å². The van der Waals surface area contributed by atoms with Gasteiger partial charge in [0.15, 0.2) is 0 Å². The van der Waals surface area contributed by atoms with E-state index in [4.69, 9.17) is 5.11 Å². The summed E-state index contributed by atoms with van der Waals surface area (Å²) >= 11 is 0. The highest BCUT2D eigenvalue weighted by Gasteiger charge is 2.11. The third-order valence-corrected chi connectivity index (χ3v) is 2.69. The van der Waals surface area contributed by atoms with Crippen LogP contribution in [0.15, 0.2) is 18.3 Å². The zero-order valence-corrected chi connectivity index (χ0v) is 10.8. The van der Waals surface area contributed by atoms with E-state index in [0.717, 1.165) is 12.8 Å². The molecule has 0 saturated heterocycles. The second-order valence-electron chi connectivity index (χ2n) is 4.25. The highest BCUT2D eigenvalue weighted by atomic mass is 16.5. The third-order valence-electron chi connectivity index (χ3n) is 2.69. The molecule has 0 aliphatic carbocycles. The quantitative estimate of drug-likeness (QED) is 0.570. The molecular weight excluding hydrogens is 232 g/mol. The number of nitrogens with zero attached hydrogens (tertiary/aromatic N) is 1. The van der Waals surface area contributed by atoms with E-state index in [2.05, 4.69) is 15.0 Å². The van der Waals surface area contributed by atoms with Crippen LogP contribution < -0.4 is 5.32 Å². The first-order valence-electron chi connectivity index (χ1n) is 6.07. The van der Waals surface area contributed by atoms with Crippen LogP contribution in [0.4, 0.5) is 5.82 Å². The molecule has 1 aromatic rings. The molecule has 1 aromatic heterocycles. The van der Waals surface area contributed by atoms with Gasteiger partial charge in [-0.3, -0.25) is 0 Å². The minimum Gasteiger partial charge on any atom is -0.465 e. The largest absolute Gasteiger partial charge is 0.465 e. The van der Waals surface area contributed by atoms with Gasteiger partial charge >= 0.3 is 5.97 Å². The molecule has 2 N–H and O–H groups in total. The van der Waals surface area contributed by atoms with E-state index in [-0.39, 0.29) is 6.61 Å². The number of pyridine rings is 1. The van der Waals surface area contributed by atoms with Crippen molar-refractivity contribution in [3.8, 4) is 0 Å². The Morgan fingerprint density at radius 1 is 1.61 bits per heavy atom. The summed E-state index contributed by atoms with van der Waals surface area (Å²) in [5.41, 5.74) is 0.440.